The van der Waals surface area contributed by atoms with Gasteiger partial charge in [-0.15, -0.1) is 5.10 Å². The van der Waals surface area contributed by atoms with E-state index in [2.05, 4.69) is 35.1 Å². The Labute approximate surface area is 219 Å². The van der Waals surface area contributed by atoms with Crippen LogP contribution in [0.25, 0.3) is 22.8 Å². The molecule has 7 nitrogen and oxygen atoms in total. The largest absolute Gasteiger partial charge is 0.476 e. The predicted octanol–water partition coefficient (Wildman–Crippen LogP) is 5.87. The number of rotatable bonds is 5. The lowest BCUT2D eigenvalue weighted by atomic mass is 9.95. The number of aromatic nitrogens is 4. The van der Waals surface area contributed by atoms with E-state index in [-0.39, 0.29) is 11.9 Å². The Morgan fingerprint density at radius 2 is 1.95 bits per heavy atom. The summed E-state index contributed by atoms with van der Waals surface area (Å²) in [7, 11) is 1.82. The molecule has 8 heteroatoms. The highest BCUT2D eigenvalue weighted by molar-refractivity contribution is 5.83. The number of hydrogen-bond donors (Lipinski definition) is 0. The fraction of sp³-hybridized carbons (Fsp3) is 0.448. The molecule has 37 heavy (non-hydrogen) atoms. The predicted molar refractivity (Wildman–Crippen MR) is 146 cm³/mol. The molecule has 0 saturated heterocycles. The van der Waals surface area contributed by atoms with E-state index in [1.54, 1.807) is 16.9 Å². The van der Waals surface area contributed by atoms with Crippen molar-refractivity contribution in [2.75, 3.05) is 19.7 Å². The van der Waals surface area contributed by atoms with Gasteiger partial charge in [0, 0.05) is 32.2 Å². The molecule has 0 N–H and O–H groups in total. The first-order valence-electron chi connectivity index (χ1n) is 13.1. The molecule has 0 amide bonds. The summed E-state index contributed by atoms with van der Waals surface area (Å²) in [6.45, 7) is 18.0. The number of benzene rings is 1. The first kappa shape index (κ1) is 26.7. The Morgan fingerprint density at radius 3 is 2.65 bits per heavy atom. The van der Waals surface area contributed by atoms with Crippen LogP contribution in [0.4, 0.5) is 4.39 Å². The standard InChI is InChI=1S/C29H38FN5O2/c1-8-13-35-27-18-34(9-2)17-21(6)37-29-25(16-31-33(29)7)24-15-23(20(5)14-26(24)30)19(4)11-12-22(27)28(32-35)36-10-3/h11-12,14-16,21H,4,8-10,13,17-18H2,1-3,5-7H3/b12-11+. The third-order valence-electron chi connectivity index (χ3n) is 6.72. The Bertz CT molecular complexity index is 1310. The fourth-order valence-electron chi connectivity index (χ4n) is 4.82. The monoisotopic (exact) mass is 507 g/mol. The van der Waals surface area contributed by atoms with Gasteiger partial charge in [0.1, 0.15) is 11.9 Å². The number of ether oxygens (including phenoxy) is 2. The highest BCUT2D eigenvalue weighted by Gasteiger charge is 2.24. The third-order valence-corrected chi connectivity index (χ3v) is 6.72. The molecule has 0 aliphatic carbocycles. The van der Waals surface area contributed by atoms with E-state index in [9.17, 15) is 0 Å². The van der Waals surface area contributed by atoms with Gasteiger partial charge in [-0.1, -0.05) is 26.5 Å². The fourth-order valence-corrected chi connectivity index (χ4v) is 4.82. The second kappa shape index (κ2) is 11.3. The van der Waals surface area contributed by atoms with Gasteiger partial charge in [-0.2, -0.15) is 5.10 Å². The summed E-state index contributed by atoms with van der Waals surface area (Å²) in [4.78, 5) is 2.33. The van der Waals surface area contributed by atoms with E-state index >= 15 is 4.39 Å². The van der Waals surface area contributed by atoms with Gasteiger partial charge >= 0.3 is 0 Å². The molecule has 0 fully saturated rings. The molecule has 1 aliphatic rings. The Morgan fingerprint density at radius 1 is 1.16 bits per heavy atom. The number of nitrogens with zero attached hydrogens (tertiary/aromatic N) is 5. The van der Waals surface area contributed by atoms with Crippen LogP contribution in [0.15, 0.2) is 31.0 Å². The van der Waals surface area contributed by atoms with Crippen molar-refractivity contribution in [3.8, 4) is 22.9 Å². The van der Waals surface area contributed by atoms with Crippen LogP contribution < -0.4 is 9.47 Å². The molecule has 0 spiro atoms. The summed E-state index contributed by atoms with van der Waals surface area (Å²) in [6.07, 6.45) is 6.48. The van der Waals surface area contributed by atoms with Crippen molar-refractivity contribution in [1.82, 2.24) is 24.5 Å². The summed E-state index contributed by atoms with van der Waals surface area (Å²) in [5, 5.41) is 9.19. The van der Waals surface area contributed by atoms with Crippen LogP contribution in [0.3, 0.4) is 0 Å². The van der Waals surface area contributed by atoms with Gasteiger partial charge in [0.25, 0.3) is 0 Å². The molecule has 0 saturated carbocycles. The average Bonchev–Trinajstić information content (AvgIpc) is 3.36. The van der Waals surface area contributed by atoms with Crippen molar-refractivity contribution in [2.45, 2.75) is 60.2 Å². The van der Waals surface area contributed by atoms with Gasteiger partial charge in [-0.25, -0.2) is 9.07 Å². The second-order valence-electron chi connectivity index (χ2n) is 9.57. The normalized spacial score (nSPS) is 17.4. The molecule has 2 aromatic heterocycles. The number of allylic oxidation sites excluding steroid dienone is 2. The third kappa shape index (κ3) is 5.49. The molecular weight excluding hydrogens is 469 g/mol. The van der Waals surface area contributed by atoms with Crippen molar-refractivity contribution < 1.29 is 13.9 Å². The molecule has 3 heterocycles. The summed E-state index contributed by atoms with van der Waals surface area (Å²) >= 11 is 0. The first-order chi connectivity index (χ1) is 17.8. The number of aryl methyl sites for hydroxylation is 3. The average molecular weight is 508 g/mol. The molecular formula is C29H38FN5O2. The Kier molecular flexibility index (Phi) is 8.17. The zero-order valence-corrected chi connectivity index (χ0v) is 22.8. The Hall–Kier alpha value is -3.39. The second-order valence-corrected chi connectivity index (χ2v) is 9.57. The van der Waals surface area contributed by atoms with Crippen molar-refractivity contribution in [2.24, 2.45) is 7.05 Å². The zero-order chi connectivity index (χ0) is 26.7. The SMILES string of the molecule is C=C1/C=C/c2c(OCC)nn(CCC)c2CN(CC)CC(C)Oc2c(cnn2C)-c2cc1c(C)cc2F. The van der Waals surface area contributed by atoms with Crippen LogP contribution in [0, 0.1) is 12.7 Å². The number of fused-ring (bicyclic) bond motifs is 5. The van der Waals surface area contributed by atoms with Crippen molar-refractivity contribution in [1.29, 1.82) is 0 Å². The van der Waals surface area contributed by atoms with E-state index in [0.29, 0.717) is 42.6 Å². The van der Waals surface area contributed by atoms with Gasteiger partial charge in [0.2, 0.25) is 11.8 Å². The summed E-state index contributed by atoms with van der Waals surface area (Å²) in [5.41, 5.74) is 5.56. The molecule has 2 bridgehead atoms. The lowest BCUT2D eigenvalue weighted by Gasteiger charge is -2.26. The molecule has 0 radical (unpaired) electrons. The summed E-state index contributed by atoms with van der Waals surface area (Å²) < 4.78 is 31.3. The van der Waals surface area contributed by atoms with Crippen LogP contribution >= 0.6 is 0 Å². The van der Waals surface area contributed by atoms with Gasteiger partial charge in [0.05, 0.1) is 29.6 Å². The van der Waals surface area contributed by atoms with Gasteiger partial charge in [-0.3, -0.25) is 9.58 Å². The van der Waals surface area contributed by atoms with E-state index < -0.39 is 0 Å². The van der Waals surface area contributed by atoms with E-state index in [1.807, 2.05) is 46.0 Å². The number of likely N-dealkylation sites (N-methyl/N-ethyl adjacent to an activating group) is 1. The summed E-state index contributed by atoms with van der Waals surface area (Å²) in [5.74, 6) is 0.850. The van der Waals surface area contributed by atoms with Gasteiger partial charge in [-0.05, 0) is 68.6 Å². The lowest BCUT2D eigenvalue weighted by molar-refractivity contribution is 0.134. The van der Waals surface area contributed by atoms with Crippen molar-refractivity contribution >= 4 is 11.6 Å². The summed E-state index contributed by atoms with van der Waals surface area (Å²) in [6, 6.07) is 3.39. The topological polar surface area (TPSA) is 57.3 Å². The minimum Gasteiger partial charge on any atom is -0.476 e. The molecule has 4 rings (SSSR count). The molecule has 1 aliphatic heterocycles. The quantitative estimate of drug-likeness (QED) is 0.432. The molecule has 1 unspecified atom stereocenters. The minimum atomic E-state index is -0.315. The minimum absolute atomic E-state index is 0.157. The van der Waals surface area contributed by atoms with Crippen LogP contribution in [-0.2, 0) is 20.1 Å². The highest BCUT2D eigenvalue weighted by atomic mass is 19.1. The Balaban J connectivity index is 1.91. The molecule has 1 atom stereocenters. The van der Waals surface area contributed by atoms with E-state index in [4.69, 9.17) is 14.6 Å². The smallest absolute Gasteiger partial charge is 0.240 e. The highest BCUT2D eigenvalue weighted by Crippen LogP contribution is 2.36. The van der Waals surface area contributed by atoms with Crippen LogP contribution in [0.5, 0.6) is 11.8 Å². The maximum absolute atomic E-state index is 15.3. The number of hydrogen-bond acceptors (Lipinski definition) is 5. The maximum atomic E-state index is 15.3. The van der Waals surface area contributed by atoms with Gasteiger partial charge in [0.15, 0.2) is 0 Å². The molecule has 1 aromatic carbocycles. The maximum Gasteiger partial charge on any atom is 0.240 e. The lowest BCUT2D eigenvalue weighted by Crippen LogP contribution is -2.34. The van der Waals surface area contributed by atoms with Crippen LogP contribution in [0.1, 0.15) is 56.5 Å². The number of halogens is 1. The first-order valence-corrected chi connectivity index (χ1v) is 13.1. The van der Waals surface area contributed by atoms with Crippen LogP contribution in [0.2, 0.25) is 0 Å². The van der Waals surface area contributed by atoms with Crippen molar-refractivity contribution in [3.63, 3.8) is 0 Å². The molecule has 3 aromatic rings. The van der Waals surface area contributed by atoms with E-state index in [0.717, 1.165) is 47.5 Å². The molecule has 198 valence electrons. The zero-order valence-electron chi connectivity index (χ0n) is 22.8. The van der Waals surface area contributed by atoms with Crippen molar-refractivity contribution in [3.05, 3.63) is 59.2 Å². The van der Waals surface area contributed by atoms with Gasteiger partial charge < -0.3 is 9.47 Å². The van der Waals surface area contributed by atoms with E-state index in [1.165, 1.54) is 0 Å². The van der Waals surface area contributed by atoms with Crippen LogP contribution in [-0.4, -0.2) is 50.3 Å².